The van der Waals surface area contributed by atoms with Crippen LogP contribution in [0.25, 0.3) is 11.4 Å². The van der Waals surface area contributed by atoms with Gasteiger partial charge in [0.1, 0.15) is 0 Å². The molecule has 0 aliphatic rings. The van der Waals surface area contributed by atoms with E-state index < -0.39 is 0 Å². The largest absolute Gasteiger partial charge is 0.493 e. The molecule has 3 rings (SSSR count). The molecule has 0 atom stereocenters. The highest BCUT2D eigenvalue weighted by molar-refractivity contribution is 7.09. The highest BCUT2D eigenvalue weighted by Crippen LogP contribution is 2.30. The van der Waals surface area contributed by atoms with Gasteiger partial charge in [0.15, 0.2) is 11.5 Å². The lowest BCUT2D eigenvalue weighted by molar-refractivity contribution is 0.0952. The molecule has 31 heavy (non-hydrogen) atoms. The van der Waals surface area contributed by atoms with Gasteiger partial charge in [-0.15, -0.1) is 11.3 Å². The predicted octanol–water partition coefficient (Wildman–Crippen LogP) is 5.02. The Kier molecular flexibility index (Phi) is 7.74. The zero-order chi connectivity index (χ0) is 22.4. The number of amides is 1. The maximum absolute atomic E-state index is 12.8. The molecule has 0 fully saturated rings. The summed E-state index contributed by atoms with van der Waals surface area (Å²) in [5.41, 5.74) is 4.69. The Morgan fingerprint density at radius 1 is 1.16 bits per heavy atom. The van der Waals surface area contributed by atoms with E-state index in [9.17, 15) is 4.79 Å². The summed E-state index contributed by atoms with van der Waals surface area (Å²) >= 11 is 1.62. The summed E-state index contributed by atoms with van der Waals surface area (Å²) in [6.45, 7) is 7.54. The molecule has 0 spiro atoms. The molecule has 2 heterocycles. The molecular weight excluding hydrogens is 410 g/mol. The van der Waals surface area contributed by atoms with Crippen LogP contribution in [0.15, 0.2) is 29.6 Å². The molecule has 0 aliphatic carbocycles. The van der Waals surface area contributed by atoms with Crippen molar-refractivity contribution >= 4 is 17.2 Å². The standard InChI is InChI=1S/C24H31N3O3S/c1-6-7-11-25-24(28)19-14-21(20-15-31-17(3)26-20)27(16(19)2)12-10-18-8-9-22(29-4)23(13-18)30-5/h8-9,13-15H,6-7,10-12H2,1-5H3,(H,25,28). The van der Waals surface area contributed by atoms with Gasteiger partial charge in [0.2, 0.25) is 0 Å². The summed E-state index contributed by atoms with van der Waals surface area (Å²) in [6.07, 6.45) is 2.82. The number of rotatable bonds is 10. The van der Waals surface area contributed by atoms with Crippen LogP contribution in [0.4, 0.5) is 0 Å². The monoisotopic (exact) mass is 441 g/mol. The van der Waals surface area contributed by atoms with Crippen molar-refractivity contribution < 1.29 is 14.3 Å². The summed E-state index contributed by atoms with van der Waals surface area (Å²) < 4.78 is 13.0. The Labute approximate surface area is 188 Å². The van der Waals surface area contributed by atoms with Crippen molar-refractivity contribution in [3.63, 3.8) is 0 Å². The molecule has 0 radical (unpaired) electrons. The normalized spacial score (nSPS) is 10.9. The van der Waals surface area contributed by atoms with Gasteiger partial charge in [-0.1, -0.05) is 19.4 Å². The first-order valence-electron chi connectivity index (χ1n) is 10.6. The molecule has 166 valence electrons. The number of ether oxygens (including phenoxy) is 2. The second-order valence-corrected chi connectivity index (χ2v) is 8.54. The fraction of sp³-hybridized carbons (Fsp3) is 0.417. The van der Waals surface area contributed by atoms with E-state index >= 15 is 0 Å². The van der Waals surface area contributed by atoms with Crippen LogP contribution in [0.1, 0.15) is 46.4 Å². The summed E-state index contributed by atoms with van der Waals surface area (Å²) in [4.78, 5) is 17.5. The van der Waals surface area contributed by atoms with Gasteiger partial charge in [-0.25, -0.2) is 4.98 Å². The molecule has 1 N–H and O–H groups in total. The van der Waals surface area contributed by atoms with E-state index in [1.807, 2.05) is 38.1 Å². The lowest BCUT2D eigenvalue weighted by Gasteiger charge is -2.13. The molecule has 1 aromatic carbocycles. The second kappa shape index (κ2) is 10.5. The van der Waals surface area contributed by atoms with Crippen molar-refractivity contribution in [2.75, 3.05) is 20.8 Å². The van der Waals surface area contributed by atoms with Crippen molar-refractivity contribution in [3.05, 3.63) is 51.5 Å². The minimum Gasteiger partial charge on any atom is -0.493 e. The molecule has 0 bridgehead atoms. The van der Waals surface area contributed by atoms with Crippen LogP contribution >= 0.6 is 11.3 Å². The third kappa shape index (κ3) is 5.28. The third-order valence-electron chi connectivity index (χ3n) is 5.38. The van der Waals surface area contributed by atoms with Gasteiger partial charge in [-0.3, -0.25) is 4.79 Å². The zero-order valence-electron chi connectivity index (χ0n) is 18.9. The number of carbonyl (C=O) groups is 1. The predicted molar refractivity (Wildman–Crippen MR) is 126 cm³/mol. The average Bonchev–Trinajstić information content (AvgIpc) is 3.35. The lowest BCUT2D eigenvalue weighted by Crippen LogP contribution is -2.24. The van der Waals surface area contributed by atoms with Crippen molar-refractivity contribution in [3.8, 4) is 22.9 Å². The van der Waals surface area contributed by atoms with Crippen LogP contribution < -0.4 is 14.8 Å². The fourth-order valence-corrected chi connectivity index (χ4v) is 4.21. The molecule has 1 amide bonds. The average molecular weight is 442 g/mol. The van der Waals surface area contributed by atoms with Crippen molar-refractivity contribution in [1.82, 2.24) is 14.9 Å². The van der Waals surface area contributed by atoms with Gasteiger partial charge in [0.25, 0.3) is 5.91 Å². The van der Waals surface area contributed by atoms with E-state index in [0.717, 1.165) is 59.2 Å². The Morgan fingerprint density at radius 3 is 2.58 bits per heavy atom. The molecular formula is C24H31N3O3S. The first-order chi connectivity index (χ1) is 15.0. The SMILES string of the molecule is CCCCNC(=O)c1cc(-c2csc(C)n2)n(CCc2ccc(OC)c(OC)c2)c1C. The third-order valence-corrected chi connectivity index (χ3v) is 6.15. The number of nitrogens with zero attached hydrogens (tertiary/aromatic N) is 2. The number of methoxy groups -OCH3 is 2. The molecule has 0 aliphatic heterocycles. The van der Waals surface area contributed by atoms with Crippen molar-refractivity contribution in [1.29, 1.82) is 0 Å². The number of aromatic nitrogens is 2. The quantitative estimate of drug-likeness (QED) is 0.449. The number of benzene rings is 1. The smallest absolute Gasteiger partial charge is 0.253 e. The van der Waals surface area contributed by atoms with E-state index in [-0.39, 0.29) is 5.91 Å². The summed E-state index contributed by atoms with van der Waals surface area (Å²) in [7, 11) is 3.28. The summed E-state index contributed by atoms with van der Waals surface area (Å²) in [5, 5.41) is 6.10. The highest BCUT2D eigenvalue weighted by atomic mass is 32.1. The van der Waals surface area contributed by atoms with Gasteiger partial charge >= 0.3 is 0 Å². The maximum Gasteiger partial charge on any atom is 0.253 e. The number of aryl methyl sites for hydroxylation is 2. The van der Waals surface area contributed by atoms with Gasteiger partial charge in [0, 0.05) is 24.2 Å². The summed E-state index contributed by atoms with van der Waals surface area (Å²) in [5.74, 6) is 1.41. The number of thiazole rings is 1. The first kappa shape index (κ1) is 22.9. The molecule has 0 saturated carbocycles. The van der Waals surface area contributed by atoms with Crippen LogP contribution in [0.3, 0.4) is 0 Å². The Bertz CT molecular complexity index is 1040. The Balaban J connectivity index is 1.89. The van der Waals surface area contributed by atoms with Crippen LogP contribution in [-0.4, -0.2) is 36.2 Å². The van der Waals surface area contributed by atoms with E-state index in [4.69, 9.17) is 9.47 Å². The number of unbranched alkanes of at least 4 members (excludes halogenated alkanes) is 1. The van der Waals surface area contributed by atoms with Crippen LogP contribution in [0.2, 0.25) is 0 Å². The Hall–Kier alpha value is -2.80. The molecule has 7 heteroatoms. The van der Waals surface area contributed by atoms with Gasteiger partial charge in [0.05, 0.1) is 36.2 Å². The molecule has 0 unspecified atom stereocenters. The van der Waals surface area contributed by atoms with E-state index in [1.165, 1.54) is 0 Å². The van der Waals surface area contributed by atoms with E-state index in [0.29, 0.717) is 17.9 Å². The number of hydrogen-bond donors (Lipinski definition) is 1. The van der Waals surface area contributed by atoms with E-state index in [1.54, 1.807) is 25.6 Å². The number of nitrogens with one attached hydrogen (secondary N) is 1. The molecule has 3 aromatic rings. The van der Waals surface area contributed by atoms with Crippen LogP contribution in [-0.2, 0) is 13.0 Å². The summed E-state index contributed by atoms with van der Waals surface area (Å²) in [6, 6.07) is 7.95. The maximum atomic E-state index is 12.8. The molecule has 0 saturated heterocycles. The van der Waals surface area contributed by atoms with Gasteiger partial charge < -0.3 is 19.4 Å². The zero-order valence-corrected chi connectivity index (χ0v) is 19.8. The van der Waals surface area contributed by atoms with Gasteiger partial charge in [-0.2, -0.15) is 0 Å². The molecule has 2 aromatic heterocycles. The van der Waals surface area contributed by atoms with Crippen LogP contribution in [0, 0.1) is 13.8 Å². The first-order valence-corrected chi connectivity index (χ1v) is 11.5. The number of carbonyl (C=O) groups excluding carboxylic acids is 1. The van der Waals surface area contributed by atoms with E-state index in [2.05, 4.69) is 27.2 Å². The second-order valence-electron chi connectivity index (χ2n) is 7.48. The topological polar surface area (TPSA) is 65.4 Å². The molecule has 6 nitrogen and oxygen atoms in total. The minimum atomic E-state index is -0.0241. The fourth-order valence-electron chi connectivity index (χ4n) is 3.61. The van der Waals surface area contributed by atoms with Crippen molar-refractivity contribution in [2.45, 2.75) is 46.6 Å². The van der Waals surface area contributed by atoms with Crippen molar-refractivity contribution in [2.24, 2.45) is 0 Å². The minimum absolute atomic E-state index is 0.0241. The highest BCUT2D eigenvalue weighted by Gasteiger charge is 2.20. The van der Waals surface area contributed by atoms with Crippen LogP contribution in [0.5, 0.6) is 11.5 Å². The Morgan fingerprint density at radius 2 is 1.94 bits per heavy atom. The lowest BCUT2D eigenvalue weighted by atomic mass is 10.1. The number of hydrogen-bond acceptors (Lipinski definition) is 5. The van der Waals surface area contributed by atoms with Gasteiger partial charge in [-0.05, 0) is 50.5 Å².